The Labute approximate surface area is 112 Å². The van der Waals surface area contributed by atoms with Gasteiger partial charge in [-0.2, -0.15) is 5.10 Å². The average Bonchev–Trinajstić information content (AvgIpc) is 2.36. The van der Waals surface area contributed by atoms with Crippen LogP contribution in [0.4, 0.5) is 0 Å². The predicted molar refractivity (Wildman–Crippen MR) is 77.7 cm³/mol. The first-order valence-corrected chi connectivity index (χ1v) is 5.86. The van der Waals surface area contributed by atoms with Crippen LogP contribution in [0.5, 0.6) is 5.75 Å². The van der Waals surface area contributed by atoms with Gasteiger partial charge in [-0.15, -0.1) is 6.42 Å². The van der Waals surface area contributed by atoms with Crippen molar-refractivity contribution in [1.82, 2.24) is 5.43 Å². The lowest BCUT2D eigenvalue weighted by molar-refractivity contribution is 0.366. The molecule has 0 fully saturated rings. The zero-order chi connectivity index (χ0) is 13.4. The molecule has 0 heterocycles. The number of ether oxygens (including phenoxy) is 1. The van der Waals surface area contributed by atoms with E-state index >= 15 is 0 Å². The second kappa shape index (κ2) is 7.30. The molecule has 0 aromatic heterocycles. The van der Waals surface area contributed by atoms with Gasteiger partial charge in [0.05, 0.1) is 6.21 Å². The number of benzene rings is 1. The van der Waals surface area contributed by atoms with Crippen LogP contribution in [-0.4, -0.2) is 17.9 Å². The molecule has 4 nitrogen and oxygen atoms in total. The third-order valence-corrected chi connectivity index (χ3v) is 2.26. The number of hydrazone groups is 1. The van der Waals surface area contributed by atoms with E-state index in [0.717, 1.165) is 23.3 Å². The molecule has 18 heavy (non-hydrogen) atoms. The molecule has 94 valence electrons. The van der Waals surface area contributed by atoms with E-state index < -0.39 is 0 Å². The van der Waals surface area contributed by atoms with E-state index in [-0.39, 0.29) is 11.7 Å². The van der Waals surface area contributed by atoms with Crippen LogP contribution >= 0.6 is 12.2 Å². The summed E-state index contributed by atoms with van der Waals surface area (Å²) in [6.07, 6.45) is 7.66. The number of nitrogens with zero attached hydrogens (tertiary/aromatic N) is 1. The highest BCUT2D eigenvalue weighted by atomic mass is 32.1. The minimum atomic E-state index is 0.135. The van der Waals surface area contributed by atoms with Crippen molar-refractivity contribution in [3.05, 3.63) is 29.3 Å². The Morgan fingerprint density at radius 2 is 2.44 bits per heavy atom. The maximum Gasteiger partial charge on any atom is 0.184 e. The van der Waals surface area contributed by atoms with E-state index in [2.05, 4.69) is 28.7 Å². The second-order valence-corrected chi connectivity index (χ2v) is 3.89. The van der Waals surface area contributed by atoms with Crippen LogP contribution in [0.3, 0.4) is 0 Å². The van der Waals surface area contributed by atoms with Crippen molar-refractivity contribution >= 4 is 23.5 Å². The lowest BCUT2D eigenvalue weighted by Gasteiger charge is -2.08. The smallest absolute Gasteiger partial charge is 0.184 e. The molecule has 1 aromatic rings. The number of hydrogen-bond donors (Lipinski definition) is 2. The molecule has 0 aliphatic heterocycles. The maximum atomic E-state index is 5.44. The van der Waals surface area contributed by atoms with Crippen molar-refractivity contribution in [2.24, 2.45) is 10.8 Å². The Balaban J connectivity index is 2.81. The molecule has 5 heteroatoms. The van der Waals surface area contributed by atoms with Crippen molar-refractivity contribution in [2.45, 2.75) is 13.3 Å². The molecule has 0 saturated carbocycles. The van der Waals surface area contributed by atoms with Crippen LogP contribution in [0, 0.1) is 12.3 Å². The Morgan fingerprint density at radius 1 is 1.67 bits per heavy atom. The van der Waals surface area contributed by atoms with E-state index in [0.29, 0.717) is 0 Å². The highest BCUT2D eigenvalue weighted by Crippen LogP contribution is 2.20. The average molecular weight is 261 g/mol. The van der Waals surface area contributed by atoms with E-state index in [4.69, 9.17) is 16.9 Å². The molecular formula is C13H15N3OS. The van der Waals surface area contributed by atoms with Crippen molar-refractivity contribution in [3.8, 4) is 18.1 Å². The standard InChI is InChI=1S/C13H15N3OS/c1-3-7-17-12-6-5-10(8-11(12)4-2)9-15-16-13(14)18/h1,5-6,8-9H,4,7H2,2H3,(H3,14,16,18). The van der Waals surface area contributed by atoms with Crippen LogP contribution in [0.25, 0.3) is 0 Å². The summed E-state index contributed by atoms with van der Waals surface area (Å²) < 4.78 is 5.44. The van der Waals surface area contributed by atoms with Crippen LogP contribution in [0.2, 0.25) is 0 Å². The second-order valence-electron chi connectivity index (χ2n) is 3.45. The van der Waals surface area contributed by atoms with Gasteiger partial charge in [0.2, 0.25) is 0 Å². The summed E-state index contributed by atoms with van der Waals surface area (Å²) >= 11 is 4.64. The van der Waals surface area contributed by atoms with Gasteiger partial charge in [0.15, 0.2) is 5.11 Å². The number of nitrogens with two attached hydrogens (primary N) is 1. The lowest BCUT2D eigenvalue weighted by atomic mass is 10.1. The van der Waals surface area contributed by atoms with Crippen LogP contribution in [0.1, 0.15) is 18.1 Å². The first-order valence-electron chi connectivity index (χ1n) is 5.45. The van der Waals surface area contributed by atoms with Gasteiger partial charge in [0.25, 0.3) is 0 Å². The van der Waals surface area contributed by atoms with E-state index in [1.165, 1.54) is 0 Å². The summed E-state index contributed by atoms with van der Waals surface area (Å²) in [7, 11) is 0. The fraction of sp³-hybridized carbons (Fsp3) is 0.231. The Bertz CT molecular complexity index is 491. The Kier molecular flexibility index (Phi) is 5.68. The molecule has 0 amide bonds. The summed E-state index contributed by atoms with van der Waals surface area (Å²) in [6, 6.07) is 5.74. The highest BCUT2D eigenvalue weighted by molar-refractivity contribution is 7.80. The number of nitrogens with one attached hydrogen (secondary N) is 1. The third-order valence-electron chi connectivity index (χ3n) is 2.16. The normalized spacial score (nSPS) is 10.0. The molecule has 0 aliphatic carbocycles. The van der Waals surface area contributed by atoms with Crippen molar-refractivity contribution in [3.63, 3.8) is 0 Å². The monoisotopic (exact) mass is 261 g/mol. The minimum absolute atomic E-state index is 0.135. The van der Waals surface area contributed by atoms with Gasteiger partial charge in [-0.3, -0.25) is 5.43 Å². The molecule has 1 aromatic carbocycles. The molecule has 0 saturated heterocycles. The van der Waals surface area contributed by atoms with E-state index in [1.807, 2.05) is 25.1 Å². The van der Waals surface area contributed by atoms with Crippen molar-refractivity contribution in [2.75, 3.05) is 6.61 Å². The van der Waals surface area contributed by atoms with Crippen LogP contribution in [-0.2, 0) is 6.42 Å². The number of hydrogen-bond acceptors (Lipinski definition) is 3. The number of rotatable bonds is 5. The summed E-state index contributed by atoms with van der Waals surface area (Å²) in [5.41, 5.74) is 9.77. The molecule has 3 N–H and O–H groups in total. The molecule has 1 rings (SSSR count). The van der Waals surface area contributed by atoms with Gasteiger partial charge < -0.3 is 10.5 Å². The number of thiocarbonyl (C=S) groups is 1. The summed E-state index contributed by atoms with van der Waals surface area (Å²) in [5, 5.41) is 4.03. The highest BCUT2D eigenvalue weighted by Gasteiger charge is 2.02. The molecule has 0 radical (unpaired) electrons. The SMILES string of the molecule is C#CCOc1ccc(C=NNC(N)=S)cc1CC. The quantitative estimate of drug-likeness (QED) is 0.364. The molecule has 0 unspecified atom stereocenters. The van der Waals surface area contributed by atoms with Crippen molar-refractivity contribution in [1.29, 1.82) is 0 Å². The Hall–Kier alpha value is -2.06. The first kappa shape index (κ1) is 14.0. The largest absolute Gasteiger partial charge is 0.481 e. The molecule has 0 atom stereocenters. The molecule has 0 bridgehead atoms. The fourth-order valence-corrected chi connectivity index (χ4v) is 1.44. The van der Waals surface area contributed by atoms with Gasteiger partial charge in [-0.25, -0.2) is 0 Å². The van der Waals surface area contributed by atoms with Crippen LogP contribution < -0.4 is 15.9 Å². The van der Waals surface area contributed by atoms with Gasteiger partial charge >= 0.3 is 0 Å². The van der Waals surface area contributed by atoms with Gasteiger partial charge in [0, 0.05) is 0 Å². The number of terminal acetylenes is 1. The maximum absolute atomic E-state index is 5.44. The van der Waals surface area contributed by atoms with E-state index in [9.17, 15) is 0 Å². The van der Waals surface area contributed by atoms with Crippen molar-refractivity contribution < 1.29 is 4.74 Å². The third kappa shape index (κ3) is 4.44. The first-order chi connectivity index (χ1) is 8.67. The minimum Gasteiger partial charge on any atom is -0.481 e. The van der Waals surface area contributed by atoms with Gasteiger partial charge in [-0.1, -0.05) is 12.8 Å². The summed E-state index contributed by atoms with van der Waals surface area (Å²) in [6.45, 7) is 2.32. The zero-order valence-electron chi connectivity index (χ0n) is 10.1. The fourth-order valence-electron chi connectivity index (χ4n) is 1.39. The lowest BCUT2D eigenvalue weighted by Crippen LogP contribution is -2.23. The van der Waals surface area contributed by atoms with E-state index in [1.54, 1.807) is 6.21 Å². The molecule has 0 spiro atoms. The van der Waals surface area contributed by atoms with Gasteiger partial charge in [-0.05, 0) is 48.0 Å². The number of aryl methyl sites for hydroxylation is 1. The zero-order valence-corrected chi connectivity index (χ0v) is 11.0. The summed E-state index contributed by atoms with van der Waals surface area (Å²) in [5.74, 6) is 3.24. The van der Waals surface area contributed by atoms with Crippen LogP contribution in [0.15, 0.2) is 23.3 Å². The van der Waals surface area contributed by atoms with Gasteiger partial charge in [0.1, 0.15) is 12.4 Å². The Morgan fingerprint density at radius 3 is 3.06 bits per heavy atom. The molecule has 0 aliphatic rings. The molecular weight excluding hydrogens is 246 g/mol. The summed E-state index contributed by atoms with van der Waals surface area (Å²) in [4.78, 5) is 0. The topological polar surface area (TPSA) is 59.6 Å². The predicted octanol–water partition coefficient (Wildman–Crippen LogP) is 1.43.